The number of carboxylic acid groups (broad SMARTS) is 1. The van der Waals surface area contributed by atoms with Gasteiger partial charge in [-0.25, -0.2) is 9.59 Å². The molecular formula is C11H22KNO4. The quantitative estimate of drug-likeness (QED) is 0.757. The molecule has 0 fully saturated rings. The molecule has 0 heterocycles. The molecule has 0 aliphatic heterocycles. The summed E-state index contributed by atoms with van der Waals surface area (Å²) >= 11 is 0. The second-order valence-electron chi connectivity index (χ2n) is 5.17. The van der Waals surface area contributed by atoms with E-state index in [-0.39, 0.29) is 57.3 Å². The molecule has 17 heavy (non-hydrogen) atoms. The third-order valence-corrected chi connectivity index (χ3v) is 1.70. The van der Waals surface area contributed by atoms with Gasteiger partial charge in [0.2, 0.25) is 0 Å². The van der Waals surface area contributed by atoms with Crippen LogP contribution in [0.15, 0.2) is 0 Å². The SMILES string of the molecule is CC(C)C[C@H](NC(=O)OC(C)(C)C)C(=O)O.[KH]. The molecule has 0 bridgehead atoms. The average Bonchev–Trinajstić information content (AvgIpc) is 1.97. The molecule has 0 aromatic carbocycles. The number of nitrogens with one attached hydrogen (secondary N) is 1. The number of hydrogen-bond donors (Lipinski definition) is 2. The summed E-state index contributed by atoms with van der Waals surface area (Å²) in [5, 5.41) is 11.2. The van der Waals surface area contributed by atoms with Gasteiger partial charge in [-0.2, -0.15) is 0 Å². The number of ether oxygens (including phenoxy) is 1. The first kappa shape index (κ1) is 19.7. The van der Waals surface area contributed by atoms with E-state index in [1.165, 1.54) is 0 Å². The summed E-state index contributed by atoms with van der Waals surface area (Å²) in [6.07, 6.45) is -0.310. The van der Waals surface area contributed by atoms with E-state index in [0.717, 1.165) is 0 Å². The minimum atomic E-state index is -1.04. The molecular weight excluding hydrogens is 249 g/mol. The van der Waals surface area contributed by atoms with Crippen molar-refractivity contribution in [3.05, 3.63) is 0 Å². The van der Waals surface area contributed by atoms with Gasteiger partial charge in [-0.15, -0.1) is 0 Å². The van der Waals surface area contributed by atoms with Crippen molar-refractivity contribution in [2.24, 2.45) is 5.92 Å². The molecule has 5 nitrogen and oxygen atoms in total. The van der Waals surface area contributed by atoms with Crippen molar-refractivity contribution in [1.82, 2.24) is 5.32 Å². The summed E-state index contributed by atoms with van der Waals surface area (Å²) in [5.41, 5.74) is -0.620. The Morgan fingerprint density at radius 3 is 2.06 bits per heavy atom. The monoisotopic (exact) mass is 271 g/mol. The standard InChI is InChI=1S/C11H21NO4.K.H/c1-7(2)6-8(9(13)14)12-10(15)16-11(3,4)5;;/h7-8H,6H2,1-5H3,(H,12,15)(H,13,14);;/t8-;;/m0../s1. The molecule has 0 radical (unpaired) electrons. The number of carbonyl (C=O) groups is 2. The van der Waals surface area contributed by atoms with Gasteiger partial charge >= 0.3 is 63.4 Å². The summed E-state index contributed by atoms with van der Waals surface area (Å²) in [7, 11) is 0. The van der Waals surface area contributed by atoms with Crippen LogP contribution in [-0.4, -0.2) is 80.2 Å². The number of hydrogen-bond acceptors (Lipinski definition) is 3. The number of alkyl carbamates (subject to hydrolysis) is 1. The first-order valence-corrected chi connectivity index (χ1v) is 5.34. The molecule has 0 unspecified atom stereocenters. The van der Waals surface area contributed by atoms with Crippen molar-refractivity contribution in [1.29, 1.82) is 0 Å². The molecule has 0 aromatic rings. The number of aliphatic carboxylic acids is 1. The summed E-state index contributed by atoms with van der Waals surface area (Å²) in [4.78, 5) is 22.2. The zero-order chi connectivity index (χ0) is 12.9. The van der Waals surface area contributed by atoms with Crippen LogP contribution in [0.4, 0.5) is 4.79 Å². The third kappa shape index (κ3) is 11.2. The number of carboxylic acids is 1. The topological polar surface area (TPSA) is 75.6 Å². The Balaban J connectivity index is 0. The van der Waals surface area contributed by atoms with Crippen LogP contribution < -0.4 is 5.32 Å². The van der Waals surface area contributed by atoms with Gasteiger partial charge in [-0.05, 0) is 33.1 Å². The van der Waals surface area contributed by atoms with Crippen molar-refractivity contribution < 1.29 is 19.4 Å². The summed E-state index contributed by atoms with van der Waals surface area (Å²) in [6.45, 7) is 8.97. The first-order valence-electron chi connectivity index (χ1n) is 5.34. The van der Waals surface area contributed by atoms with E-state index < -0.39 is 23.7 Å². The van der Waals surface area contributed by atoms with Gasteiger partial charge in [0.15, 0.2) is 0 Å². The molecule has 0 saturated heterocycles. The molecule has 2 N–H and O–H groups in total. The maximum atomic E-state index is 11.4. The van der Waals surface area contributed by atoms with Gasteiger partial charge in [0.05, 0.1) is 0 Å². The number of rotatable bonds is 4. The molecule has 0 aliphatic rings. The molecule has 0 rings (SSSR count). The Bertz CT molecular complexity index is 261. The van der Waals surface area contributed by atoms with Crippen LogP contribution in [0.3, 0.4) is 0 Å². The normalized spacial score (nSPS) is 12.6. The molecule has 0 spiro atoms. The Hall–Kier alpha value is 0.376. The number of carbonyl (C=O) groups excluding carboxylic acids is 1. The van der Waals surface area contributed by atoms with E-state index in [1.807, 2.05) is 13.8 Å². The summed E-state index contributed by atoms with van der Waals surface area (Å²) in [6, 6.07) is -0.894. The van der Waals surface area contributed by atoms with Gasteiger partial charge < -0.3 is 15.2 Å². The van der Waals surface area contributed by atoms with Crippen LogP contribution in [0, 0.1) is 5.92 Å². The van der Waals surface area contributed by atoms with E-state index >= 15 is 0 Å². The fourth-order valence-corrected chi connectivity index (χ4v) is 1.14. The van der Waals surface area contributed by atoms with Crippen LogP contribution in [0.1, 0.15) is 41.0 Å². The van der Waals surface area contributed by atoms with Gasteiger partial charge in [-0.3, -0.25) is 0 Å². The Kier molecular flexibility index (Phi) is 9.82. The number of amides is 1. The van der Waals surface area contributed by atoms with Crippen molar-refractivity contribution >= 4 is 63.4 Å². The van der Waals surface area contributed by atoms with E-state index in [0.29, 0.717) is 6.42 Å². The van der Waals surface area contributed by atoms with Gasteiger partial charge in [0.25, 0.3) is 0 Å². The van der Waals surface area contributed by atoms with E-state index in [2.05, 4.69) is 5.32 Å². The average molecular weight is 271 g/mol. The first-order chi connectivity index (χ1) is 7.11. The molecule has 96 valence electrons. The van der Waals surface area contributed by atoms with E-state index in [9.17, 15) is 9.59 Å². The maximum absolute atomic E-state index is 11.4. The third-order valence-electron chi connectivity index (χ3n) is 1.70. The van der Waals surface area contributed by atoms with Crippen LogP contribution in [0.5, 0.6) is 0 Å². The molecule has 1 atom stereocenters. The van der Waals surface area contributed by atoms with Crippen molar-refractivity contribution in [3.63, 3.8) is 0 Å². The Morgan fingerprint density at radius 1 is 1.29 bits per heavy atom. The van der Waals surface area contributed by atoms with E-state index in [1.54, 1.807) is 20.8 Å². The summed E-state index contributed by atoms with van der Waals surface area (Å²) in [5.74, 6) is -0.851. The second-order valence-corrected chi connectivity index (χ2v) is 5.17. The van der Waals surface area contributed by atoms with Crippen molar-refractivity contribution in [3.8, 4) is 0 Å². The predicted molar refractivity (Wildman–Crippen MR) is 67.4 cm³/mol. The van der Waals surface area contributed by atoms with Crippen LogP contribution in [-0.2, 0) is 9.53 Å². The molecule has 0 aromatic heterocycles. The summed E-state index contributed by atoms with van der Waals surface area (Å²) < 4.78 is 4.99. The van der Waals surface area contributed by atoms with Gasteiger partial charge in [-0.1, -0.05) is 13.8 Å². The Morgan fingerprint density at radius 2 is 1.76 bits per heavy atom. The van der Waals surface area contributed by atoms with Crippen molar-refractivity contribution in [2.45, 2.75) is 52.7 Å². The van der Waals surface area contributed by atoms with Gasteiger partial charge in [0.1, 0.15) is 11.6 Å². The minimum absolute atomic E-state index is 0. The molecule has 6 heteroatoms. The zero-order valence-electron chi connectivity index (χ0n) is 10.5. The van der Waals surface area contributed by atoms with Crippen molar-refractivity contribution in [2.75, 3.05) is 0 Å². The predicted octanol–water partition coefficient (Wildman–Crippen LogP) is 1.36. The molecule has 0 aliphatic carbocycles. The molecule has 0 saturated carbocycles. The Labute approximate surface area is 145 Å². The zero-order valence-corrected chi connectivity index (χ0v) is 10.5. The van der Waals surface area contributed by atoms with E-state index in [4.69, 9.17) is 9.84 Å². The fourth-order valence-electron chi connectivity index (χ4n) is 1.14. The van der Waals surface area contributed by atoms with Gasteiger partial charge in [0, 0.05) is 0 Å². The second kappa shape index (κ2) is 8.47. The van der Waals surface area contributed by atoms with Crippen LogP contribution >= 0.6 is 0 Å². The molecule has 1 amide bonds. The van der Waals surface area contributed by atoms with Crippen LogP contribution in [0.25, 0.3) is 0 Å². The van der Waals surface area contributed by atoms with Crippen LogP contribution in [0.2, 0.25) is 0 Å². The fraction of sp³-hybridized carbons (Fsp3) is 0.818.